The van der Waals surface area contributed by atoms with Gasteiger partial charge in [0.2, 0.25) is 5.76 Å². The zero-order chi connectivity index (χ0) is 16.5. The molecule has 6 nitrogen and oxygen atoms in total. The van der Waals surface area contributed by atoms with Crippen molar-refractivity contribution in [1.29, 1.82) is 0 Å². The number of aryl methyl sites for hydroxylation is 1. The number of hydrogen-bond donors (Lipinski definition) is 1. The topological polar surface area (TPSA) is 73.0 Å². The minimum Gasteiger partial charge on any atom is -0.351 e. The second kappa shape index (κ2) is 5.66. The van der Waals surface area contributed by atoms with Gasteiger partial charge in [-0.1, -0.05) is 17.3 Å². The quantitative estimate of drug-likeness (QED) is 0.626. The summed E-state index contributed by atoms with van der Waals surface area (Å²) in [5.41, 5.74) is 4.30. The number of benzene rings is 2. The number of nitrogens with zero attached hydrogens (tertiary/aromatic N) is 3. The Bertz CT molecular complexity index is 1010. The van der Waals surface area contributed by atoms with Crippen molar-refractivity contribution in [2.75, 3.05) is 5.32 Å². The van der Waals surface area contributed by atoms with E-state index in [1.807, 2.05) is 53.1 Å². The maximum absolute atomic E-state index is 12.1. The molecule has 0 saturated carbocycles. The summed E-state index contributed by atoms with van der Waals surface area (Å²) < 4.78 is 6.96. The van der Waals surface area contributed by atoms with E-state index in [9.17, 15) is 4.79 Å². The third-order valence-corrected chi connectivity index (χ3v) is 3.71. The third-order valence-electron chi connectivity index (χ3n) is 3.71. The second-order valence-corrected chi connectivity index (χ2v) is 5.44. The van der Waals surface area contributed by atoms with Gasteiger partial charge in [-0.25, -0.2) is 4.98 Å². The van der Waals surface area contributed by atoms with Gasteiger partial charge in [-0.15, -0.1) is 0 Å². The highest BCUT2D eigenvalue weighted by atomic mass is 16.5. The highest BCUT2D eigenvalue weighted by Crippen LogP contribution is 2.20. The number of aromatic nitrogens is 3. The Hall–Kier alpha value is -3.41. The Balaban J connectivity index is 1.57. The smallest absolute Gasteiger partial charge is 0.294 e. The molecule has 24 heavy (non-hydrogen) atoms. The molecule has 118 valence electrons. The molecule has 0 aliphatic heterocycles. The van der Waals surface area contributed by atoms with Crippen LogP contribution in [-0.4, -0.2) is 20.6 Å². The first-order valence-corrected chi connectivity index (χ1v) is 7.48. The maximum atomic E-state index is 12.1. The van der Waals surface area contributed by atoms with Gasteiger partial charge in [-0.3, -0.25) is 9.36 Å². The second-order valence-electron chi connectivity index (χ2n) is 5.44. The number of anilines is 1. The van der Waals surface area contributed by atoms with Crippen LogP contribution >= 0.6 is 0 Å². The molecule has 6 heteroatoms. The fourth-order valence-corrected chi connectivity index (χ4v) is 2.53. The van der Waals surface area contributed by atoms with Crippen LogP contribution in [0.25, 0.3) is 16.7 Å². The SMILES string of the molecule is Cc1cc(C(=O)Nc2ccc(-n3cnc4ccccc43)cc2)on1. The van der Waals surface area contributed by atoms with E-state index in [0.717, 1.165) is 16.7 Å². The summed E-state index contributed by atoms with van der Waals surface area (Å²) in [6.45, 7) is 1.77. The van der Waals surface area contributed by atoms with Crippen molar-refractivity contribution in [3.8, 4) is 5.69 Å². The summed E-state index contributed by atoms with van der Waals surface area (Å²) in [5.74, 6) is -0.131. The molecule has 2 aromatic heterocycles. The molecule has 2 heterocycles. The fraction of sp³-hybridized carbons (Fsp3) is 0.0556. The lowest BCUT2D eigenvalue weighted by molar-refractivity contribution is 0.0988. The van der Waals surface area contributed by atoms with Gasteiger partial charge in [0.05, 0.1) is 16.7 Å². The predicted molar refractivity (Wildman–Crippen MR) is 90.3 cm³/mol. The van der Waals surface area contributed by atoms with Crippen LogP contribution in [0.15, 0.2) is 65.4 Å². The number of nitrogens with one attached hydrogen (secondary N) is 1. The van der Waals surface area contributed by atoms with Crippen LogP contribution in [0, 0.1) is 6.92 Å². The minimum absolute atomic E-state index is 0.192. The molecule has 0 unspecified atom stereocenters. The number of para-hydroxylation sites is 2. The molecule has 0 radical (unpaired) electrons. The predicted octanol–water partition coefficient (Wildman–Crippen LogP) is 3.57. The van der Waals surface area contributed by atoms with Gasteiger partial charge in [0.25, 0.3) is 5.91 Å². The number of carbonyl (C=O) groups is 1. The van der Waals surface area contributed by atoms with Gasteiger partial charge in [-0.2, -0.15) is 0 Å². The molecule has 4 aromatic rings. The zero-order valence-electron chi connectivity index (χ0n) is 12.9. The molecule has 0 saturated heterocycles. The molecular weight excluding hydrogens is 304 g/mol. The van der Waals surface area contributed by atoms with Gasteiger partial charge in [0.15, 0.2) is 0 Å². The van der Waals surface area contributed by atoms with Crippen molar-refractivity contribution >= 4 is 22.6 Å². The van der Waals surface area contributed by atoms with E-state index in [4.69, 9.17) is 4.52 Å². The number of imidazole rings is 1. The number of amides is 1. The number of fused-ring (bicyclic) bond motifs is 1. The van der Waals surface area contributed by atoms with E-state index in [2.05, 4.69) is 15.5 Å². The average Bonchev–Trinajstić information content (AvgIpc) is 3.22. The monoisotopic (exact) mass is 318 g/mol. The summed E-state index contributed by atoms with van der Waals surface area (Å²) in [4.78, 5) is 16.4. The summed E-state index contributed by atoms with van der Waals surface area (Å²) in [5, 5.41) is 6.49. The molecule has 0 aliphatic carbocycles. The number of hydrogen-bond acceptors (Lipinski definition) is 4. The van der Waals surface area contributed by atoms with Crippen LogP contribution in [0.1, 0.15) is 16.2 Å². The van der Waals surface area contributed by atoms with Gasteiger partial charge >= 0.3 is 0 Å². The Morgan fingerprint density at radius 3 is 2.67 bits per heavy atom. The standard InChI is InChI=1S/C18H14N4O2/c1-12-10-17(24-21-12)18(23)20-13-6-8-14(9-7-13)22-11-19-15-4-2-3-5-16(15)22/h2-11H,1H3,(H,20,23). The van der Waals surface area contributed by atoms with Crippen LogP contribution in [-0.2, 0) is 0 Å². The lowest BCUT2D eigenvalue weighted by Gasteiger charge is -2.07. The first-order chi connectivity index (χ1) is 11.7. The minimum atomic E-state index is -0.323. The van der Waals surface area contributed by atoms with Gasteiger partial charge in [0, 0.05) is 17.4 Å². The fourth-order valence-electron chi connectivity index (χ4n) is 2.53. The Kier molecular flexibility index (Phi) is 3.35. The van der Waals surface area contributed by atoms with Crippen molar-refractivity contribution in [3.05, 3.63) is 72.4 Å². The Morgan fingerprint density at radius 1 is 1.12 bits per heavy atom. The average molecular weight is 318 g/mol. The van der Waals surface area contributed by atoms with Crippen LogP contribution in [0.2, 0.25) is 0 Å². The summed E-state index contributed by atoms with van der Waals surface area (Å²) in [6, 6.07) is 17.1. The lowest BCUT2D eigenvalue weighted by atomic mass is 10.2. The van der Waals surface area contributed by atoms with Gasteiger partial charge < -0.3 is 9.84 Å². The zero-order valence-corrected chi connectivity index (χ0v) is 12.9. The molecule has 2 aromatic carbocycles. The Morgan fingerprint density at radius 2 is 1.92 bits per heavy atom. The van der Waals surface area contributed by atoms with E-state index >= 15 is 0 Å². The van der Waals surface area contributed by atoms with Crippen molar-refractivity contribution in [1.82, 2.24) is 14.7 Å². The molecule has 1 N–H and O–H groups in total. The first kappa shape index (κ1) is 14.2. The van der Waals surface area contributed by atoms with Crippen molar-refractivity contribution in [2.24, 2.45) is 0 Å². The van der Waals surface area contributed by atoms with E-state index in [0.29, 0.717) is 11.4 Å². The van der Waals surface area contributed by atoms with E-state index < -0.39 is 0 Å². The molecule has 0 bridgehead atoms. The Labute approximate surface area is 137 Å². The number of carbonyl (C=O) groups excluding carboxylic acids is 1. The summed E-state index contributed by atoms with van der Waals surface area (Å²) in [6.07, 6.45) is 1.79. The van der Waals surface area contributed by atoms with Crippen LogP contribution in [0.3, 0.4) is 0 Å². The molecule has 0 aliphatic rings. The molecule has 4 rings (SSSR count). The largest absolute Gasteiger partial charge is 0.351 e. The summed E-state index contributed by atoms with van der Waals surface area (Å²) in [7, 11) is 0. The highest BCUT2D eigenvalue weighted by molar-refractivity contribution is 6.02. The summed E-state index contributed by atoms with van der Waals surface area (Å²) >= 11 is 0. The molecule has 0 atom stereocenters. The number of rotatable bonds is 3. The molecular formula is C18H14N4O2. The van der Waals surface area contributed by atoms with Gasteiger partial charge in [-0.05, 0) is 43.3 Å². The molecule has 1 amide bonds. The molecule has 0 spiro atoms. The van der Waals surface area contributed by atoms with Crippen molar-refractivity contribution in [3.63, 3.8) is 0 Å². The van der Waals surface area contributed by atoms with Crippen LogP contribution < -0.4 is 5.32 Å². The van der Waals surface area contributed by atoms with E-state index in [1.54, 1.807) is 19.3 Å². The maximum Gasteiger partial charge on any atom is 0.294 e. The van der Waals surface area contributed by atoms with E-state index in [-0.39, 0.29) is 11.7 Å². The van der Waals surface area contributed by atoms with E-state index in [1.165, 1.54) is 0 Å². The molecule has 0 fully saturated rings. The highest BCUT2D eigenvalue weighted by Gasteiger charge is 2.12. The van der Waals surface area contributed by atoms with Crippen molar-refractivity contribution in [2.45, 2.75) is 6.92 Å². The first-order valence-electron chi connectivity index (χ1n) is 7.48. The normalized spacial score (nSPS) is 10.9. The van der Waals surface area contributed by atoms with Crippen molar-refractivity contribution < 1.29 is 9.32 Å². The third kappa shape index (κ3) is 2.54. The van der Waals surface area contributed by atoms with Crippen LogP contribution in [0.5, 0.6) is 0 Å². The lowest BCUT2D eigenvalue weighted by Crippen LogP contribution is -2.10. The van der Waals surface area contributed by atoms with Gasteiger partial charge in [0.1, 0.15) is 6.33 Å². The van der Waals surface area contributed by atoms with Crippen LogP contribution in [0.4, 0.5) is 5.69 Å².